The minimum Gasteiger partial charge on any atom is -0.356 e. The Hall–Kier alpha value is -3.60. The Morgan fingerprint density at radius 1 is 0.812 bits per heavy atom. The molecule has 0 unspecified atom stereocenters. The quantitative estimate of drug-likeness (QED) is 0.382. The van der Waals surface area contributed by atoms with Crippen LogP contribution in [0.5, 0.6) is 0 Å². The van der Waals surface area contributed by atoms with Crippen molar-refractivity contribution in [1.29, 1.82) is 0 Å². The number of nitrogens with one attached hydrogen (secondary N) is 2. The molecule has 0 atom stereocenters. The van der Waals surface area contributed by atoms with Gasteiger partial charge in [0.1, 0.15) is 0 Å². The number of hydrogen-bond donors (Lipinski definition) is 2. The van der Waals surface area contributed by atoms with Gasteiger partial charge in [0, 0.05) is 53.4 Å². The Balaban J connectivity index is 1.27. The van der Waals surface area contributed by atoms with Crippen LogP contribution in [0.15, 0.2) is 72.8 Å². The maximum atomic E-state index is 12.4. The van der Waals surface area contributed by atoms with Crippen molar-refractivity contribution in [2.75, 3.05) is 11.9 Å². The van der Waals surface area contributed by atoms with E-state index < -0.39 is 0 Å². The summed E-state index contributed by atoms with van der Waals surface area (Å²) in [7, 11) is 0. The normalized spacial score (nSPS) is 11.0. The van der Waals surface area contributed by atoms with Crippen LogP contribution in [0.1, 0.15) is 31.7 Å². The molecule has 5 nitrogen and oxygen atoms in total. The molecule has 0 radical (unpaired) electrons. The van der Waals surface area contributed by atoms with Crippen molar-refractivity contribution in [2.24, 2.45) is 0 Å². The van der Waals surface area contributed by atoms with Crippen LogP contribution < -0.4 is 10.6 Å². The van der Waals surface area contributed by atoms with Crippen molar-refractivity contribution in [3.05, 3.63) is 78.4 Å². The second-order valence-corrected chi connectivity index (χ2v) is 7.98. The Morgan fingerprint density at radius 2 is 1.53 bits per heavy atom. The average Bonchev–Trinajstić information content (AvgIpc) is 3.13. The van der Waals surface area contributed by atoms with Crippen LogP contribution in [0, 0.1) is 0 Å². The molecular weight excluding hydrogens is 398 g/mol. The number of benzene rings is 3. The van der Waals surface area contributed by atoms with Crippen molar-refractivity contribution in [3.63, 3.8) is 0 Å². The first-order valence-corrected chi connectivity index (χ1v) is 11.3. The summed E-state index contributed by atoms with van der Waals surface area (Å²) in [5.41, 5.74) is 4.35. The predicted octanol–water partition coefficient (Wildman–Crippen LogP) is 5.28. The van der Waals surface area contributed by atoms with Crippen molar-refractivity contribution in [3.8, 4) is 0 Å². The Morgan fingerprint density at radius 3 is 2.34 bits per heavy atom. The fraction of sp³-hybridized carbons (Fsp3) is 0.259. The molecule has 5 heteroatoms. The van der Waals surface area contributed by atoms with Crippen molar-refractivity contribution >= 4 is 39.3 Å². The van der Waals surface area contributed by atoms with Gasteiger partial charge >= 0.3 is 0 Å². The molecule has 164 valence electrons. The zero-order chi connectivity index (χ0) is 22.3. The third-order valence-corrected chi connectivity index (χ3v) is 5.76. The molecule has 32 heavy (non-hydrogen) atoms. The summed E-state index contributed by atoms with van der Waals surface area (Å²) in [5.74, 6) is -0.0804. The number of para-hydroxylation sites is 1. The highest BCUT2D eigenvalue weighted by Crippen LogP contribution is 2.31. The number of carbonyl (C=O) groups is 2. The molecule has 1 aromatic heterocycles. The van der Waals surface area contributed by atoms with Gasteiger partial charge in [0.05, 0.1) is 0 Å². The van der Waals surface area contributed by atoms with Gasteiger partial charge in [-0.15, -0.1) is 0 Å². The summed E-state index contributed by atoms with van der Waals surface area (Å²) in [6.45, 7) is 3.64. The highest BCUT2D eigenvalue weighted by Gasteiger charge is 2.11. The van der Waals surface area contributed by atoms with Crippen molar-refractivity contribution < 1.29 is 9.59 Å². The lowest BCUT2D eigenvalue weighted by Crippen LogP contribution is -2.25. The molecule has 1 heterocycles. The summed E-state index contributed by atoms with van der Waals surface area (Å²) in [4.78, 5) is 24.4. The molecule has 4 aromatic rings. The molecule has 0 fully saturated rings. The second kappa shape index (κ2) is 10.1. The standard InChI is InChI=1S/C27H29N3O2/c1-2-30-24-12-7-6-11-22(24)23-19-21(15-16-25(23)30)29-27(32)14-8-13-26(31)28-18-17-20-9-4-3-5-10-20/h3-7,9-12,15-16,19H,2,8,13-14,17-18H2,1H3,(H,28,31)(H,29,32). The largest absolute Gasteiger partial charge is 0.356 e. The van der Waals surface area contributed by atoms with E-state index in [1.807, 2.05) is 54.6 Å². The number of aromatic nitrogens is 1. The molecule has 0 bridgehead atoms. The molecule has 0 aliphatic carbocycles. The summed E-state index contributed by atoms with van der Waals surface area (Å²) < 4.78 is 2.28. The Kier molecular flexibility index (Phi) is 6.85. The molecule has 0 saturated carbocycles. The lowest BCUT2D eigenvalue weighted by atomic mass is 10.1. The highest BCUT2D eigenvalue weighted by atomic mass is 16.2. The van der Waals surface area contributed by atoms with E-state index in [-0.39, 0.29) is 11.8 Å². The van der Waals surface area contributed by atoms with Crippen LogP contribution >= 0.6 is 0 Å². The lowest BCUT2D eigenvalue weighted by molar-refractivity contribution is -0.121. The topological polar surface area (TPSA) is 63.1 Å². The van der Waals surface area contributed by atoms with E-state index in [2.05, 4.69) is 40.3 Å². The molecule has 0 spiro atoms. The monoisotopic (exact) mass is 427 g/mol. The zero-order valence-electron chi connectivity index (χ0n) is 18.4. The van der Waals surface area contributed by atoms with E-state index in [9.17, 15) is 9.59 Å². The van der Waals surface area contributed by atoms with Crippen molar-refractivity contribution in [1.82, 2.24) is 9.88 Å². The molecule has 3 aromatic carbocycles. The molecule has 2 N–H and O–H groups in total. The predicted molar refractivity (Wildman–Crippen MR) is 131 cm³/mol. The fourth-order valence-electron chi connectivity index (χ4n) is 4.18. The third-order valence-electron chi connectivity index (χ3n) is 5.76. The van der Waals surface area contributed by atoms with E-state index in [1.165, 1.54) is 22.0 Å². The van der Waals surface area contributed by atoms with Crippen LogP contribution in [0.25, 0.3) is 21.8 Å². The number of aryl methyl sites for hydroxylation is 1. The van der Waals surface area contributed by atoms with Gasteiger partial charge in [-0.05, 0) is 49.6 Å². The first kappa shape index (κ1) is 21.6. The van der Waals surface area contributed by atoms with Gasteiger partial charge in [-0.2, -0.15) is 0 Å². The van der Waals surface area contributed by atoms with E-state index in [0.717, 1.165) is 24.0 Å². The third kappa shape index (κ3) is 4.99. The van der Waals surface area contributed by atoms with E-state index in [4.69, 9.17) is 0 Å². The minimum atomic E-state index is -0.0688. The molecule has 4 rings (SSSR count). The Labute approximate surface area is 188 Å². The number of fused-ring (bicyclic) bond motifs is 3. The maximum absolute atomic E-state index is 12.4. The number of rotatable bonds is 9. The van der Waals surface area contributed by atoms with E-state index >= 15 is 0 Å². The van der Waals surface area contributed by atoms with Crippen molar-refractivity contribution in [2.45, 2.75) is 39.2 Å². The molecular formula is C27H29N3O2. The van der Waals surface area contributed by atoms with E-state index in [0.29, 0.717) is 25.8 Å². The molecule has 2 amide bonds. The van der Waals surface area contributed by atoms with E-state index in [1.54, 1.807) is 0 Å². The first-order chi connectivity index (χ1) is 15.7. The van der Waals surface area contributed by atoms with Crippen LogP contribution in [0.2, 0.25) is 0 Å². The molecule has 0 aliphatic rings. The first-order valence-electron chi connectivity index (χ1n) is 11.3. The molecule has 0 saturated heterocycles. The van der Waals surface area contributed by atoms with Gasteiger partial charge in [-0.3, -0.25) is 9.59 Å². The van der Waals surface area contributed by atoms with Crippen LogP contribution in [0.4, 0.5) is 5.69 Å². The number of hydrogen-bond acceptors (Lipinski definition) is 2. The Bertz CT molecular complexity index is 1230. The SMILES string of the molecule is CCn1c2ccccc2c2cc(NC(=O)CCCC(=O)NCCc3ccccc3)ccc21. The number of nitrogens with zero attached hydrogens (tertiary/aromatic N) is 1. The van der Waals surface area contributed by atoms with Gasteiger partial charge < -0.3 is 15.2 Å². The van der Waals surface area contributed by atoms with Crippen LogP contribution in [0.3, 0.4) is 0 Å². The number of carbonyl (C=O) groups excluding carboxylic acids is 2. The fourth-order valence-corrected chi connectivity index (χ4v) is 4.18. The summed E-state index contributed by atoms with van der Waals surface area (Å²) >= 11 is 0. The molecule has 0 aliphatic heterocycles. The van der Waals surface area contributed by atoms with Gasteiger partial charge in [0.25, 0.3) is 0 Å². The summed E-state index contributed by atoms with van der Waals surface area (Å²) in [5, 5.41) is 8.24. The van der Waals surface area contributed by atoms with Gasteiger partial charge in [0.2, 0.25) is 11.8 Å². The second-order valence-electron chi connectivity index (χ2n) is 7.98. The maximum Gasteiger partial charge on any atom is 0.224 e. The average molecular weight is 428 g/mol. The summed E-state index contributed by atoms with van der Waals surface area (Å²) in [6, 6.07) is 24.5. The van der Waals surface area contributed by atoms with Gasteiger partial charge in [0.15, 0.2) is 0 Å². The van der Waals surface area contributed by atoms with Gasteiger partial charge in [-0.25, -0.2) is 0 Å². The summed E-state index contributed by atoms with van der Waals surface area (Å²) in [6.07, 6.45) is 2.01. The number of anilines is 1. The zero-order valence-corrected chi connectivity index (χ0v) is 18.4. The highest BCUT2D eigenvalue weighted by molar-refractivity contribution is 6.09. The van der Waals surface area contributed by atoms with Crippen LogP contribution in [-0.4, -0.2) is 22.9 Å². The number of amides is 2. The van der Waals surface area contributed by atoms with Crippen LogP contribution in [-0.2, 0) is 22.6 Å². The smallest absolute Gasteiger partial charge is 0.224 e. The minimum absolute atomic E-state index is 0.0116. The van der Waals surface area contributed by atoms with Gasteiger partial charge in [-0.1, -0.05) is 48.5 Å². The lowest BCUT2D eigenvalue weighted by Gasteiger charge is -2.07.